The highest BCUT2D eigenvalue weighted by Crippen LogP contribution is 2.36. The van der Waals surface area contributed by atoms with Gasteiger partial charge in [-0.3, -0.25) is 9.48 Å². The van der Waals surface area contributed by atoms with Crippen molar-refractivity contribution in [1.82, 2.24) is 9.78 Å². The third-order valence-corrected chi connectivity index (χ3v) is 5.80. The number of amides is 1. The van der Waals surface area contributed by atoms with Crippen molar-refractivity contribution in [2.45, 2.75) is 20.1 Å². The molecule has 1 aromatic heterocycles. The van der Waals surface area contributed by atoms with Gasteiger partial charge in [0.15, 0.2) is 5.75 Å². The lowest BCUT2D eigenvalue weighted by molar-refractivity contribution is 0.102. The Hall–Kier alpha value is -2.99. The molecule has 0 atom stereocenters. The van der Waals surface area contributed by atoms with E-state index in [1.54, 1.807) is 41.2 Å². The largest absolute Gasteiger partial charge is 0.486 e. The molecule has 0 aliphatic heterocycles. The average Bonchev–Trinajstić information content (AvgIpc) is 3.21. The number of hydrogen-bond acceptors (Lipinski definition) is 3. The van der Waals surface area contributed by atoms with E-state index < -0.39 is 0 Å². The molecule has 0 aliphatic rings. The maximum absolute atomic E-state index is 12.8. The summed E-state index contributed by atoms with van der Waals surface area (Å²) in [5.41, 5.74) is 4.27. The molecule has 3 aromatic carbocycles. The van der Waals surface area contributed by atoms with Crippen LogP contribution in [0.1, 0.15) is 27.0 Å². The zero-order valence-corrected chi connectivity index (χ0v) is 20.0. The van der Waals surface area contributed by atoms with Crippen LogP contribution in [-0.2, 0) is 13.2 Å². The molecule has 8 heteroatoms. The number of carbonyl (C=O) groups is 1. The average molecular weight is 501 g/mol. The third kappa shape index (κ3) is 5.88. The van der Waals surface area contributed by atoms with Crippen molar-refractivity contribution in [3.8, 4) is 5.75 Å². The smallest absolute Gasteiger partial charge is 0.255 e. The molecule has 5 nitrogen and oxygen atoms in total. The van der Waals surface area contributed by atoms with Gasteiger partial charge in [0.1, 0.15) is 6.61 Å². The van der Waals surface area contributed by atoms with Gasteiger partial charge in [-0.1, -0.05) is 71.2 Å². The van der Waals surface area contributed by atoms with Crippen LogP contribution in [-0.4, -0.2) is 15.7 Å². The number of aryl methyl sites for hydroxylation is 1. The topological polar surface area (TPSA) is 56.2 Å². The standard InChI is InChI=1S/C25H20Cl3N3O2/c1-16-5-2-3-7-19(16)13-31-14-21(12-29-31)30-25(32)18-8-4-6-17(9-18)15-33-24-22(27)10-20(26)11-23(24)28/h2-12,14H,13,15H2,1H3,(H,30,32). The van der Waals surface area contributed by atoms with Crippen LogP contribution < -0.4 is 10.1 Å². The van der Waals surface area contributed by atoms with Crippen molar-refractivity contribution >= 4 is 46.4 Å². The van der Waals surface area contributed by atoms with Gasteiger partial charge >= 0.3 is 0 Å². The quantitative estimate of drug-likeness (QED) is 0.296. The van der Waals surface area contributed by atoms with Gasteiger partial charge in [0.05, 0.1) is 28.5 Å². The van der Waals surface area contributed by atoms with Crippen molar-refractivity contribution in [2.24, 2.45) is 0 Å². The first-order valence-corrected chi connectivity index (χ1v) is 11.3. The molecule has 0 fully saturated rings. The van der Waals surface area contributed by atoms with Gasteiger partial charge in [0.25, 0.3) is 5.91 Å². The van der Waals surface area contributed by atoms with Gasteiger partial charge in [0, 0.05) is 16.8 Å². The van der Waals surface area contributed by atoms with E-state index in [1.165, 1.54) is 11.1 Å². The molecular formula is C25H20Cl3N3O2. The molecule has 0 spiro atoms. The summed E-state index contributed by atoms with van der Waals surface area (Å²) in [5, 5.41) is 8.31. The van der Waals surface area contributed by atoms with Crippen molar-refractivity contribution in [3.05, 3.63) is 110 Å². The number of aromatic nitrogens is 2. The number of carbonyl (C=O) groups excluding carboxylic acids is 1. The second-order valence-corrected chi connectivity index (χ2v) is 8.75. The van der Waals surface area contributed by atoms with Gasteiger partial charge < -0.3 is 10.1 Å². The molecule has 1 amide bonds. The van der Waals surface area contributed by atoms with Crippen LogP contribution in [0.25, 0.3) is 0 Å². The Morgan fingerprint density at radius 2 is 1.79 bits per heavy atom. The molecule has 4 rings (SSSR count). The summed E-state index contributed by atoms with van der Waals surface area (Å²) in [5.74, 6) is 0.105. The maximum Gasteiger partial charge on any atom is 0.255 e. The Kier molecular flexibility index (Phi) is 7.23. The molecule has 0 radical (unpaired) electrons. The highest BCUT2D eigenvalue weighted by Gasteiger charge is 2.12. The number of anilines is 1. The van der Waals surface area contributed by atoms with E-state index in [4.69, 9.17) is 39.5 Å². The Balaban J connectivity index is 1.40. The zero-order chi connectivity index (χ0) is 23.4. The summed E-state index contributed by atoms with van der Waals surface area (Å²) in [7, 11) is 0. The summed E-state index contributed by atoms with van der Waals surface area (Å²) in [6.45, 7) is 2.88. The molecule has 4 aromatic rings. The lowest BCUT2D eigenvalue weighted by Gasteiger charge is -2.11. The van der Waals surface area contributed by atoms with Crippen LogP contribution in [0.4, 0.5) is 5.69 Å². The zero-order valence-electron chi connectivity index (χ0n) is 17.7. The molecule has 0 saturated carbocycles. The lowest BCUT2D eigenvalue weighted by atomic mass is 10.1. The first-order valence-electron chi connectivity index (χ1n) is 10.1. The number of ether oxygens (including phenoxy) is 1. The second-order valence-electron chi connectivity index (χ2n) is 7.49. The summed E-state index contributed by atoms with van der Waals surface area (Å²) >= 11 is 18.3. The fourth-order valence-corrected chi connectivity index (χ4v) is 4.23. The SMILES string of the molecule is Cc1ccccc1Cn1cc(NC(=O)c2cccc(COc3c(Cl)cc(Cl)cc3Cl)c2)cn1. The summed E-state index contributed by atoms with van der Waals surface area (Å²) < 4.78 is 7.56. The first-order chi connectivity index (χ1) is 15.9. The molecule has 1 heterocycles. The van der Waals surface area contributed by atoms with Gasteiger partial charge in [0.2, 0.25) is 0 Å². The van der Waals surface area contributed by atoms with Crippen LogP contribution in [0.5, 0.6) is 5.75 Å². The Bertz CT molecular complexity index is 1280. The Morgan fingerprint density at radius 3 is 2.55 bits per heavy atom. The number of halogens is 3. The van der Waals surface area contributed by atoms with E-state index in [0.29, 0.717) is 38.6 Å². The van der Waals surface area contributed by atoms with Gasteiger partial charge in [-0.05, 0) is 47.9 Å². The number of nitrogens with one attached hydrogen (secondary N) is 1. The van der Waals surface area contributed by atoms with Crippen molar-refractivity contribution in [3.63, 3.8) is 0 Å². The van der Waals surface area contributed by atoms with Crippen molar-refractivity contribution < 1.29 is 9.53 Å². The first kappa shape index (κ1) is 23.2. The van der Waals surface area contributed by atoms with Crippen molar-refractivity contribution in [2.75, 3.05) is 5.32 Å². The molecule has 0 aliphatic carbocycles. The number of nitrogens with zero attached hydrogens (tertiary/aromatic N) is 2. The van der Waals surface area contributed by atoms with E-state index in [9.17, 15) is 4.79 Å². The minimum atomic E-state index is -0.241. The Labute approximate surface area is 206 Å². The van der Waals surface area contributed by atoms with E-state index in [2.05, 4.69) is 29.5 Å². The Morgan fingerprint density at radius 1 is 1.03 bits per heavy atom. The van der Waals surface area contributed by atoms with Gasteiger partial charge in [-0.15, -0.1) is 0 Å². The molecule has 33 heavy (non-hydrogen) atoms. The molecule has 0 bridgehead atoms. The van der Waals surface area contributed by atoms with E-state index >= 15 is 0 Å². The number of rotatable bonds is 7. The predicted molar refractivity (Wildman–Crippen MR) is 133 cm³/mol. The molecule has 1 N–H and O–H groups in total. The van der Waals surface area contributed by atoms with E-state index in [0.717, 1.165) is 5.56 Å². The highest BCUT2D eigenvalue weighted by molar-refractivity contribution is 6.40. The van der Waals surface area contributed by atoms with Gasteiger partial charge in [-0.25, -0.2) is 0 Å². The van der Waals surface area contributed by atoms with Crippen LogP contribution >= 0.6 is 34.8 Å². The van der Waals surface area contributed by atoms with Crippen LogP contribution in [0.2, 0.25) is 15.1 Å². The summed E-state index contributed by atoms with van der Waals surface area (Å²) in [4.78, 5) is 12.8. The minimum Gasteiger partial charge on any atom is -0.486 e. The van der Waals surface area contributed by atoms with Gasteiger partial charge in [-0.2, -0.15) is 5.10 Å². The summed E-state index contributed by atoms with van der Waals surface area (Å²) in [6, 6.07) is 18.4. The molecule has 0 saturated heterocycles. The minimum absolute atomic E-state index is 0.191. The molecule has 0 unspecified atom stereocenters. The number of hydrogen-bond donors (Lipinski definition) is 1. The monoisotopic (exact) mass is 499 g/mol. The predicted octanol–water partition coefficient (Wildman–Crippen LogP) is 7.03. The van der Waals surface area contributed by atoms with E-state index in [1.807, 2.05) is 24.4 Å². The second kappa shape index (κ2) is 10.3. The summed E-state index contributed by atoms with van der Waals surface area (Å²) in [6.07, 6.45) is 3.44. The van der Waals surface area contributed by atoms with E-state index in [-0.39, 0.29) is 12.5 Å². The normalized spacial score (nSPS) is 10.8. The van der Waals surface area contributed by atoms with Crippen LogP contribution in [0.3, 0.4) is 0 Å². The fourth-order valence-electron chi connectivity index (χ4n) is 3.30. The molecule has 168 valence electrons. The molecular weight excluding hydrogens is 481 g/mol. The van der Waals surface area contributed by atoms with Crippen molar-refractivity contribution in [1.29, 1.82) is 0 Å². The highest BCUT2D eigenvalue weighted by atomic mass is 35.5. The number of benzene rings is 3. The third-order valence-electron chi connectivity index (χ3n) is 5.02. The van der Waals surface area contributed by atoms with Crippen LogP contribution in [0.15, 0.2) is 73.1 Å². The lowest BCUT2D eigenvalue weighted by Crippen LogP contribution is -2.12. The van der Waals surface area contributed by atoms with Crippen LogP contribution in [0, 0.1) is 6.92 Å². The fraction of sp³-hybridized carbons (Fsp3) is 0.120. The maximum atomic E-state index is 12.8.